The molecule has 3 saturated heterocycles. The van der Waals surface area contributed by atoms with Crippen LogP contribution in [0, 0.1) is 11.3 Å². The fraction of sp³-hybridized carbons (Fsp3) is 0.943. The first-order valence-corrected chi connectivity index (χ1v) is 16.9. The molecule has 0 aromatic heterocycles. The number of unbranched alkanes of at least 4 members (excludes halogenated alkanes) is 9. The number of nitrogens with one attached hydrogen (secondary N) is 1. The molecule has 5 heteroatoms. The lowest BCUT2D eigenvalue weighted by atomic mass is 9.60. The summed E-state index contributed by atoms with van der Waals surface area (Å²) in [6.45, 7) is 20.4. The van der Waals surface area contributed by atoms with Crippen molar-refractivity contribution in [3.63, 3.8) is 0 Å². The van der Waals surface area contributed by atoms with Crippen molar-refractivity contribution in [2.45, 2.75) is 193 Å². The Morgan fingerprint density at radius 2 is 1.15 bits per heavy atom. The summed E-state index contributed by atoms with van der Waals surface area (Å²) < 4.78 is 0. The summed E-state index contributed by atoms with van der Waals surface area (Å²) in [7, 11) is 2.23. The molecule has 3 aliphatic rings. The van der Waals surface area contributed by atoms with Crippen LogP contribution in [0.25, 0.3) is 0 Å². The van der Waals surface area contributed by atoms with Crippen LogP contribution >= 0.6 is 0 Å². The van der Waals surface area contributed by atoms with E-state index in [-0.39, 0.29) is 45.9 Å². The van der Waals surface area contributed by atoms with Crippen molar-refractivity contribution in [1.29, 1.82) is 0 Å². The second-order valence-electron chi connectivity index (χ2n) is 16.6. The van der Waals surface area contributed by atoms with Gasteiger partial charge in [-0.15, -0.1) is 0 Å². The van der Waals surface area contributed by atoms with Crippen molar-refractivity contribution in [2.24, 2.45) is 11.3 Å². The van der Waals surface area contributed by atoms with Crippen molar-refractivity contribution in [1.82, 2.24) is 15.1 Å². The van der Waals surface area contributed by atoms with Crippen molar-refractivity contribution in [2.75, 3.05) is 7.05 Å². The molecule has 1 N–H and O–H groups in total. The second kappa shape index (κ2) is 12.7. The van der Waals surface area contributed by atoms with Gasteiger partial charge < -0.3 is 5.32 Å². The van der Waals surface area contributed by atoms with E-state index in [9.17, 15) is 9.59 Å². The molecule has 40 heavy (non-hydrogen) atoms. The number of likely N-dealkylation sites (tertiary alicyclic amines) is 2. The summed E-state index contributed by atoms with van der Waals surface area (Å²) in [5.41, 5.74) is -0.774. The third-order valence-electron chi connectivity index (χ3n) is 11.0. The molecule has 0 spiro atoms. The highest BCUT2D eigenvalue weighted by molar-refractivity contribution is 6.06. The minimum Gasteiger partial charge on any atom is -0.307 e. The summed E-state index contributed by atoms with van der Waals surface area (Å²) >= 11 is 0. The van der Waals surface area contributed by atoms with Gasteiger partial charge in [0, 0.05) is 34.6 Å². The number of piperidine rings is 2. The number of carbonyl (C=O) groups excluding carboxylic acids is 2. The number of hydrogen-bond acceptors (Lipinski definition) is 4. The summed E-state index contributed by atoms with van der Waals surface area (Å²) in [5.74, 6) is 0.481. The SMILES string of the molecule is CCCCCCCCCCCCC1(C2CC(C)(C)N(C)C(C)(C)C2)CC(=O)N(C2CC(C)(C)NC(C)(C)C2)C1=O. The van der Waals surface area contributed by atoms with Crippen LogP contribution < -0.4 is 5.32 Å². The second-order valence-corrected chi connectivity index (χ2v) is 16.6. The van der Waals surface area contributed by atoms with Gasteiger partial charge in [-0.2, -0.15) is 0 Å². The molecule has 0 bridgehead atoms. The van der Waals surface area contributed by atoms with Crippen LogP contribution in [-0.2, 0) is 9.59 Å². The molecule has 0 radical (unpaired) electrons. The lowest BCUT2D eigenvalue weighted by molar-refractivity contribution is -0.150. The molecule has 3 aliphatic heterocycles. The topological polar surface area (TPSA) is 52.7 Å². The molecule has 0 aromatic rings. The molecule has 0 aromatic carbocycles. The van der Waals surface area contributed by atoms with E-state index in [1.54, 1.807) is 4.90 Å². The highest BCUT2D eigenvalue weighted by Crippen LogP contribution is 2.55. The smallest absolute Gasteiger partial charge is 0.236 e. The Bertz CT molecular complexity index is 842. The lowest BCUT2D eigenvalue weighted by Crippen LogP contribution is -2.64. The van der Waals surface area contributed by atoms with Gasteiger partial charge in [0.05, 0.1) is 5.41 Å². The van der Waals surface area contributed by atoms with Crippen LogP contribution in [0.1, 0.15) is 165 Å². The zero-order valence-electron chi connectivity index (χ0n) is 28.2. The Morgan fingerprint density at radius 1 is 0.700 bits per heavy atom. The van der Waals surface area contributed by atoms with Gasteiger partial charge in [-0.3, -0.25) is 19.4 Å². The summed E-state index contributed by atoms with van der Waals surface area (Å²) in [6.07, 6.45) is 17.7. The van der Waals surface area contributed by atoms with Crippen LogP contribution in [0.15, 0.2) is 0 Å². The summed E-state index contributed by atoms with van der Waals surface area (Å²) in [5, 5.41) is 3.74. The molecule has 232 valence electrons. The fourth-order valence-corrected chi connectivity index (χ4v) is 9.01. The first kappa shape index (κ1) is 33.6. The van der Waals surface area contributed by atoms with Crippen LogP contribution in [-0.4, -0.2) is 56.9 Å². The number of amides is 2. The van der Waals surface area contributed by atoms with E-state index in [0.29, 0.717) is 6.42 Å². The molecule has 2 amide bonds. The Balaban J connectivity index is 1.77. The van der Waals surface area contributed by atoms with Crippen molar-refractivity contribution in [3.8, 4) is 0 Å². The summed E-state index contributed by atoms with van der Waals surface area (Å²) in [6, 6.07) is -0.0203. The van der Waals surface area contributed by atoms with Gasteiger partial charge in [-0.05, 0) is 100 Å². The number of nitrogens with zero attached hydrogens (tertiary/aromatic N) is 2. The highest BCUT2D eigenvalue weighted by Gasteiger charge is 2.61. The fourth-order valence-electron chi connectivity index (χ4n) is 9.01. The van der Waals surface area contributed by atoms with E-state index >= 15 is 0 Å². The predicted molar refractivity (Wildman–Crippen MR) is 168 cm³/mol. The molecular weight excluding hydrogens is 494 g/mol. The Morgan fingerprint density at radius 3 is 1.62 bits per heavy atom. The van der Waals surface area contributed by atoms with Gasteiger partial charge in [0.1, 0.15) is 0 Å². The van der Waals surface area contributed by atoms with Crippen molar-refractivity contribution in [3.05, 3.63) is 0 Å². The van der Waals surface area contributed by atoms with Gasteiger partial charge in [0.2, 0.25) is 11.8 Å². The minimum atomic E-state index is -0.549. The third-order valence-corrected chi connectivity index (χ3v) is 11.0. The zero-order chi connectivity index (χ0) is 30.0. The van der Waals surface area contributed by atoms with E-state index in [1.807, 2.05) is 0 Å². The number of imide groups is 1. The van der Waals surface area contributed by atoms with E-state index in [1.165, 1.54) is 57.8 Å². The van der Waals surface area contributed by atoms with E-state index in [2.05, 4.69) is 79.6 Å². The Kier molecular flexibility index (Phi) is 10.7. The van der Waals surface area contributed by atoms with Crippen molar-refractivity contribution >= 4 is 11.8 Å². The quantitative estimate of drug-likeness (QED) is 0.182. The minimum absolute atomic E-state index is 0.00726. The van der Waals surface area contributed by atoms with Gasteiger partial charge in [-0.1, -0.05) is 71.1 Å². The van der Waals surface area contributed by atoms with Crippen LogP contribution in [0.4, 0.5) is 0 Å². The molecule has 3 heterocycles. The maximum atomic E-state index is 14.7. The molecule has 0 aliphatic carbocycles. The molecule has 3 rings (SSSR count). The Hall–Kier alpha value is -0.940. The average Bonchev–Trinajstić information content (AvgIpc) is 3.06. The first-order chi connectivity index (χ1) is 18.5. The van der Waals surface area contributed by atoms with E-state index in [0.717, 1.165) is 38.5 Å². The van der Waals surface area contributed by atoms with Crippen LogP contribution in [0.2, 0.25) is 0 Å². The predicted octanol–water partition coefficient (Wildman–Crippen LogP) is 8.25. The van der Waals surface area contributed by atoms with Gasteiger partial charge in [-0.25, -0.2) is 0 Å². The molecule has 1 atom stereocenters. The number of hydrogen-bond donors (Lipinski definition) is 1. The van der Waals surface area contributed by atoms with Gasteiger partial charge in [0.25, 0.3) is 0 Å². The zero-order valence-corrected chi connectivity index (χ0v) is 28.2. The first-order valence-electron chi connectivity index (χ1n) is 16.9. The average molecular weight is 560 g/mol. The van der Waals surface area contributed by atoms with Crippen molar-refractivity contribution < 1.29 is 9.59 Å². The van der Waals surface area contributed by atoms with Gasteiger partial charge in [0.15, 0.2) is 0 Å². The summed E-state index contributed by atoms with van der Waals surface area (Å²) in [4.78, 5) is 32.9. The molecule has 0 saturated carbocycles. The van der Waals surface area contributed by atoms with E-state index in [4.69, 9.17) is 0 Å². The van der Waals surface area contributed by atoms with Crippen LogP contribution in [0.3, 0.4) is 0 Å². The van der Waals surface area contributed by atoms with E-state index < -0.39 is 5.41 Å². The lowest BCUT2D eigenvalue weighted by Gasteiger charge is -2.57. The molecule has 5 nitrogen and oxygen atoms in total. The number of carbonyl (C=O) groups is 2. The monoisotopic (exact) mass is 560 g/mol. The molecule has 1 unspecified atom stereocenters. The molecular formula is C35H65N3O2. The number of rotatable bonds is 13. The molecule has 3 fully saturated rings. The highest BCUT2D eigenvalue weighted by atomic mass is 16.2. The van der Waals surface area contributed by atoms with Gasteiger partial charge >= 0.3 is 0 Å². The third kappa shape index (κ3) is 7.71. The maximum Gasteiger partial charge on any atom is 0.236 e. The van der Waals surface area contributed by atoms with Crippen LogP contribution in [0.5, 0.6) is 0 Å². The maximum absolute atomic E-state index is 14.7. The normalized spacial score (nSPS) is 28.9. The Labute approximate surface area is 248 Å². The largest absolute Gasteiger partial charge is 0.307 e. The standard InChI is InChI=1S/C35H65N3O2/c1-11-12-13-14-15-16-17-18-19-20-21-35(27-22-33(6,7)37(10)34(8,9)23-27)26-29(39)38(30(35)40)28-24-31(2,3)36-32(4,5)25-28/h27-28,36H,11-26H2,1-10H3.